The van der Waals surface area contributed by atoms with Crippen LogP contribution in [0.4, 0.5) is 17.1 Å². The number of fused-ring (bicyclic) bond motifs is 12. The molecule has 0 atom stereocenters. The van der Waals surface area contributed by atoms with Gasteiger partial charge in [-0.15, -0.1) is 11.3 Å². The average Bonchev–Trinajstić information content (AvgIpc) is 3.89. The first-order valence-corrected chi connectivity index (χ1v) is 19.0. The molecule has 8 aromatic carbocycles. The minimum atomic E-state index is 0.642. The van der Waals surface area contributed by atoms with Crippen LogP contribution < -0.4 is 4.90 Å². The van der Waals surface area contributed by atoms with Crippen LogP contribution in [0.2, 0.25) is 0 Å². The second-order valence-corrected chi connectivity index (χ2v) is 15.1. The maximum atomic E-state index is 9.57. The van der Waals surface area contributed by atoms with Crippen LogP contribution in [-0.2, 0) is 0 Å². The van der Waals surface area contributed by atoms with E-state index in [4.69, 9.17) is 0 Å². The van der Waals surface area contributed by atoms with Crippen LogP contribution in [0.15, 0.2) is 170 Å². The molecule has 0 saturated carbocycles. The van der Waals surface area contributed by atoms with E-state index in [-0.39, 0.29) is 0 Å². The number of hydrogen-bond acceptors (Lipinski definition) is 3. The van der Waals surface area contributed by atoms with Crippen LogP contribution in [0.25, 0.3) is 85.9 Å². The number of anilines is 3. The first-order chi connectivity index (χ1) is 26.7. The van der Waals surface area contributed by atoms with Gasteiger partial charge in [0.1, 0.15) is 0 Å². The van der Waals surface area contributed by atoms with Gasteiger partial charge in [0.05, 0.1) is 44.7 Å². The predicted octanol–water partition coefficient (Wildman–Crippen LogP) is 13.6. The van der Waals surface area contributed by atoms with Gasteiger partial charge in [-0.3, -0.25) is 0 Å². The monoisotopic (exact) mass is 704 g/mol. The third-order valence-electron chi connectivity index (χ3n) is 11.3. The standard InChI is InChI=1S/C49H28N4S/c50-29-30-16-20-32(21-17-30)51(34-24-25-39-38-10-3-6-15-45(38)54-46(39)28-34)33-22-18-31(19-23-33)35-11-7-14-44-47(35)53-43-13-5-2-9-37(43)41-27-26-40-36-8-1-4-12-42(36)52(44)48(40)49(41)53/h1-28H. The van der Waals surface area contributed by atoms with E-state index in [9.17, 15) is 5.26 Å². The molecule has 4 heterocycles. The van der Waals surface area contributed by atoms with Crippen molar-refractivity contribution in [1.29, 1.82) is 5.26 Å². The lowest BCUT2D eigenvalue weighted by atomic mass is 10.0. The van der Waals surface area contributed by atoms with E-state index in [2.05, 4.69) is 165 Å². The molecule has 0 aliphatic heterocycles. The van der Waals surface area contributed by atoms with Crippen LogP contribution in [0.3, 0.4) is 0 Å². The first kappa shape index (κ1) is 29.4. The summed E-state index contributed by atoms with van der Waals surface area (Å²) in [5.41, 5.74) is 13.4. The molecule has 12 rings (SSSR count). The highest BCUT2D eigenvalue weighted by Gasteiger charge is 2.23. The Morgan fingerprint density at radius 2 is 0.981 bits per heavy atom. The zero-order chi connectivity index (χ0) is 35.5. The fraction of sp³-hybridized carbons (Fsp3) is 0. The van der Waals surface area contributed by atoms with Crippen molar-refractivity contribution in [2.75, 3.05) is 4.90 Å². The normalized spacial score (nSPS) is 12.1. The lowest BCUT2D eigenvalue weighted by Gasteiger charge is -2.26. The van der Waals surface area contributed by atoms with Crippen molar-refractivity contribution >= 4 is 103 Å². The Morgan fingerprint density at radius 1 is 0.426 bits per heavy atom. The summed E-state index contributed by atoms with van der Waals surface area (Å²) in [4.78, 5) is 2.29. The molecule has 0 spiro atoms. The van der Waals surface area contributed by atoms with E-state index in [0.717, 1.165) is 22.6 Å². The smallest absolute Gasteiger partial charge is 0.0991 e. The summed E-state index contributed by atoms with van der Waals surface area (Å²) < 4.78 is 7.52. The lowest BCUT2D eigenvalue weighted by Crippen LogP contribution is -2.09. The SMILES string of the molecule is N#Cc1ccc(N(c2ccc(-c3cccc4c3n3c5ccccc5c5ccc6c7ccccc7n4c6c53)cc2)c2ccc3c(c2)sc2ccccc23)cc1. The van der Waals surface area contributed by atoms with E-state index in [0.29, 0.717) is 5.56 Å². The predicted molar refractivity (Wildman–Crippen MR) is 227 cm³/mol. The van der Waals surface area contributed by atoms with Gasteiger partial charge in [0.15, 0.2) is 0 Å². The molecule has 0 aliphatic carbocycles. The van der Waals surface area contributed by atoms with Gasteiger partial charge in [-0.25, -0.2) is 0 Å². The molecule has 54 heavy (non-hydrogen) atoms. The summed E-state index contributed by atoms with van der Waals surface area (Å²) in [6, 6.07) is 63.4. The molecule has 0 amide bonds. The molecule has 0 bridgehead atoms. The summed E-state index contributed by atoms with van der Waals surface area (Å²) in [6.45, 7) is 0. The molecular weight excluding hydrogens is 677 g/mol. The summed E-state index contributed by atoms with van der Waals surface area (Å²) in [5, 5.41) is 17.2. The zero-order valence-corrected chi connectivity index (χ0v) is 29.7. The molecule has 4 aromatic heterocycles. The number of thiophene rings is 1. The van der Waals surface area contributed by atoms with E-state index in [1.54, 1.807) is 0 Å². The van der Waals surface area contributed by atoms with Gasteiger partial charge >= 0.3 is 0 Å². The Kier molecular flexibility index (Phi) is 5.97. The van der Waals surface area contributed by atoms with E-state index in [1.165, 1.54) is 80.4 Å². The van der Waals surface area contributed by atoms with Gasteiger partial charge < -0.3 is 13.7 Å². The van der Waals surface area contributed by atoms with Crippen LogP contribution >= 0.6 is 11.3 Å². The third kappa shape index (κ3) is 3.95. The van der Waals surface area contributed by atoms with Crippen molar-refractivity contribution in [3.05, 3.63) is 175 Å². The summed E-state index contributed by atoms with van der Waals surface area (Å²) in [5.74, 6) is 0. The van der Waals surface area contributed by atoms with Crippen LogP contribution in [0.5, 0.6) is 0 Å². The average molecular weight is 705 g/mol. The van der Waals surface area contributed by atoms with E-state index >= 15 is 0 Å². The summed E-state index contributed by atoms with van der Waals surface area (Å²) >= 11 is 1.82. The second kappa shape index (κ2) is 10.9. The Balaban J connectivity index is 1.09. The molecule has 250 valence electrons. The van der Waals surface area contributed by atoms with Crippen molar-refractivity contribution in [1.82, 2.24) is 8.80 Å². The molecular formula is C49H28N4S. The van der Waals surface area contributed by atoms with Gasteiger partial charge in [-0.05, 0) is 78.4 Å². The number of hydrogen-bond donors (Lipinski definition) is 0. The number of benzene rings is 8. The van der Waals surface area contributed by atoms with Crippen LogP contribution in [0.1, 0.15) is 5.56 Å². The molecule has 0 unspecified atom stereocenters. The highest BCUT2D eigenvalue weighted by molar-refractivity contribution is 7.25. The highest BCUT2D eigenvalue weighted by Crippen LogP contribution is 2.45. The number of nitrogens with zero attached hydrogens (tertiary/aromatic N) is 4. The van der Waals surface area contributed by atoms with Gasteiger partial charge in [-0.1, -0.05) is 97.1 Å². The fourth-order valence-electron chi connectivity index (χ4n) is 8.94. The van der Waals surface area contributed by atoms with E-state index < -0.39 is 0 Å². The molecule has 5 heteroatoms. The third-order valence-corrected chi connectivity index (χ3v) is 12.4. The number of rotatable bonds is 4. The van der Waals surface area contributed by atoms with Crippen molar-refractivity contribution in [3.63, 3.8) is 0 Å². The molecule has 12 aromatic rings. The Hall–Kier alpha value is -7.13. The summed E-state index contributed by atoms with van der Waals surface area (Å²) in [7, 11) is 0. The van der Waals surface area contributed by atoms with Gasteiger partial charge in [-0.2, -0.15) is 5.26 Å². The highest BCUT2D eigenvalue weighted by atomic mass is 32.1. The van der Waals surface area contributed by atoms with Crippen molar-refractivity contribution in [3.8, 4) is 17.2 Å². The molecule has 0 fully saturated rings. The van der Waals surface area contributed by atoms with Crippen LogP contribution in [0, 0.1) is 11.3 Å². The maximum Gasteiger partial charge on any atom is 0.0991 e. The topological polar surface area (TPSA) is 35.9 Å². The molecule has 0 saturated heterocycles. The van der Waals surface area contributed by atoms with Gasteiger partial charge in [0.25, 0.3) is 0 Å². The maximum absolute atomic E-state index is 9.57. The Labute approximate surface area is 313 Å². The van der Waals surface area contributed by atoms with Crippen molar-refractivity contribution < 1.29 is 0 Å². The minimum absolute atomic E-state index is 0.642. The second-order valence-electron chi connectivity index (χ2n) is 14.1. The van der Waals surface area contributed by atoms with Crippen LogP contribution in [-0.4, -0.2) is 8.80 Å². The first-order valence-electron chi connectivity index (χ1n) is 18.2. The molecule has 0 N–H and O–H groups in total. The number of aromatic nitrogens is 2. The van der Waals surface area contributed by atoms with Crippen molar-refractivity contribution in [2.24, 2.45) is 0 Å². The number of nitriles is 1. The Bertz CT molecular complexity index is 3500. The molecule has 4 nitrogen and oxygen atoms in total. The molecule has 0 radical (unpaired) electrons. The zero-order valence-electron chi connectivity index (χ0n) is 28.9. The summed E-state index contributed by atoms with van der Waals surface area (Å²) in [6.07, 6.45) is 0. The Morgan fingerprint density at radius 3 is 1.70 bits per heavy atom. The van der Waals surface area contributed by atoms with Gasteiger partial charge in [0.2, 0.25) is 0 Å². The quantitative estimate of drug-likeness (QED) is 0.171. The lowest BCUT2D eigenvalue weighted by molar-refractivity contribution is 1.25. The largest absolute Gasteiger partial charge is 0.310 e. The fourth-order valence-corrected chi connectivity index (χ4v) is 10.1. The molecule has 0 aliphatic rings. The minimum Gasteiger partial charge on any atom is -0.310 e. The number of para-hydroxylation sites is 3. The van der Waals surface area contributed by atoms with E-state index in [1.807, 2.05) is 35.6 Å². The van der Waals surface area contributed by atoms with Gasteiger partial charge in [0, 0.05) is 64.3 Å². The van der Waals surface area contributed by atoms with Crippen molar-refractivity contribution in [2.45, 2.75) is 0 Å².